The SMILES string of the molecule is CC(C)(c1cccc(-c2[c-]ccnc2)n1)c1cccc(C2([N-]c3ccccc3)CCCCC2)n1.[Pt+2]. The summed E-state index contributed by atoms with van der Waals surface area (Å²) in [6.07, 6.45) is 9.21. The molecule has 1 aliphatic rings. The molecule has 0 unspecified atom stereocenters. The van der Waals surface area contributed by atoms with Gasteiger partial charge in [-0.25, -0.2) is 0 Å². The van der Waals surface area contributed by atoms with Gasteiger partial charge >= 0.3 is 21.1 Å². The van der Waals surface area contributed by atoms with Crippen molar-refractivity contribution >= 4 is 5.69 Å². The number of nitrogens with zero attached hydrogens (tertiary/aromatic N) is 4. The van der Waals surface area contributed by atoms with E-state index in [0.29, 0.717) is 0 Å². The molecule has 0 saturated heterocycles. The van der Waals surface area contributed by atoms with E-state index >= 15 is 0 Å². The van der Waals surface area contributed by atoms with Crippen molar-refractivity contribution in [2.45, 2.75) is 56.9 Å². The number of pyridine rings is 3. The van der Waals surface area contributed by atoms with E-state index in [-0.39, 0.29) is 32.0 Å². The van der Waals surface area contributed by atoms with E-state index in [1.54, 1.807) is 12.4 Å². The summed E-state index contributed by atoms with van der Waals surface area (Å²) in [5, 5.41) is 5.28. The molecule has 35 heavy (non-hydrogen) atoms. The number of rotatable bonds is 6. The smallest absolute Gasteiger partial charge is 0.674 e. The van der Waals surface area contributed by atoms with Crippen molar-refractivity contribution in [3.8, 4) is 11.3 Å². The predicted octanol–water partition coefficient (Wildman–Crippen LogP) is 7.53. The van der Waals surface area contributed by atoms with E-state index in [2.05, 4.69) is 79.5 Å². The zero-order chi connectivity index (χ0) is 23.4. The first kappa shape index (κ1) is 25.3. The van der Waals surface area contributed by atoms with Crippen LogP contribution >= 0.6 is 0 Å². The molecular formula is C30H30N4Pt. The number of hydrogen-bond donors (Lipinski definition) is 0. The number of aromatic nitrogens is 3. The molecule has 180 valence electrons. The van der Waals surface area contributed by atoms with Crippen molar-refractivity contribution in [1.82, 2.24) is 15.0 Å². The average molecular weight is 642 g/mol. The molecule has 0 aliphatic heterocycles. The van der Waals surface area contributed by atoms with Gasteiger partial charge in [0.15, 0.2) is 0 Å². The Hall–Kier alpha value is -2.84. The molecule has 4 aromatic rings. The summed E-state index contributed by atoms with van der Waals surface area (Å²) in [7, 11) is 0. The summed E-state index contributed by atoms with van der Waals surface area (Å²) in [6.45, 7) is 4.39. The van der Waals surface area contributed by atoms with Crippen LogP contribution in [0.1, 0.15) is 63.0 Å². The Labute approximate surface area is 222 Å². The summed E-state index contributed by atoms with van der Waals surface area (Å²) in [4.78, 5) is 14.5. The van der Waals surface area contributed by atoms with Crippen molar-refractivity contribution in [2.75, 3.05) is 0 Å². The van der Waals surface area contributed by atoms with Crippen LogP contribution in [0.5, 0.6) is 0 Å². The van der Waals surface area contributed by atoms with Crippen LogP contribution < -0.4 is 0 Å². The van der Waals surface area contributed by atoms with Crippen LogP contribution in [0.15, 0.2) is 85.2 Å². The third-order valence-corrected chi connectivity index (χ3v) is 6.91. The van der Waals surface area contributed by atoms with Crippen molar-refractivity contribution < 1.29 is 21.1 Å². The van der Waals surface area contributed by atoms with Gasteiger partial charge in [0, 0.05) is 16.8 Å². The third-order valence-electron chi connectivity index (χ3n) is 6.91. The molecule has 0 amide bonds. The van der Waals surface area contributed by atoms with E-state index in [4.69, 9.17) is 15.3 Å². The van der Waals surface area contributed by atoms with Crippen molar-refractivity contribution in [2.24, 2.45) is 0 Å². The Morgan fingerprint density at radius 1 is 0.829 bits per heavy atom. The molecule has 0 spiro atoms. The Morgan fingerprint density at radius 3 is 2.26 bits per heavy atom. The summed E-state index contributed by atoms with van der Waals surface area (Å²) >= 11 is 0. The van der Waals surface area contributed by atoms with Gasteiger partial charge in [-0.2, -0.15) is 0 Å². The van der Waals surface area contributed by atoms with Gasteiger partial charge in [0.05, 0.1) is 5.69 Å². The van der Waals surface area contributed by atoms with Crippen LogP contribution in [-0.4, -0.2) is 15.0 Å². The Balaban J connectivity index is 0.00000289. The molecule has 0 radical (unpaired) electrons. The number of hydrogen-bond acceptors (Lipinski definition) is 3. The zero-order valence-corrected chi connectivity index (χ0v) is 22.5. The fourth-order valence-electron chi connectivity index (χ4n) is 4.88. The third kappa shape index (κ3) is 5.38. The van der Waals surface area contributed by atoms with Gasteiger partial charge in [0.2, 0.25) is 0 Å². The molecule has 5 heteroatoms. The molecule has 3 heterocycles. The number of benzene rings is 1. The van der Waals surface area contributed by atoms with Crippen molar-refractivity contribution in [1.29, 1.82) is 0 Å². The van der Waals surface area contributed by atoms with Crippen LogP contribution in [0.4, 0.5) is 5.69 Å². The Morgan fingerprint density at radius 2 is 1.54 bits per heavy atom. The fraction of sp³-hybridized carbons (Fsp3) is 0.300. The first-order chi connectivity index (χ1) is 16.6. The van der Waals surface area contributed by atoms with E-state index in [9.17, 15) is 0 Å². The first-order valence-electron chi connectivity index (χ1n) is 12.1. The standard InChI is InChI=1S/C30H30N4.Pt/c1-29(2,26-16-9-15-25(32-26)23-12-11-21-31-22-23)27-17-10-18-28(33-27)30(19-7-4-8-20-30)34-24-13-5-3-6-14-24;/h3,5-6,9-11,13-18,21-22H,4,7-8,19-20H2,1-2H3;/q-2;+2. The second kappa shape index (κ2) is 10.8. The molecule has 0 atom stereocenters. The summed E-state index contributed by atoms with van der Waals surface area (Å²) in [5.74, 6) is 0. The topological polar surface area (TPSA) is 52.8 Å². The molecule has 1 aromatic carbocycles. The summed E-state index contributed by atoms with van der Waals surface area (Å²) < 4.78 is 0. The fourth-order valence-corrected chi connectivity index (χ4v) is 4.88. The van der Waals surface area contributed by atoms with E-state index in [1.165, 1.54) is 19.3 Å². The molecule has 1 aliphatic carbocycles. The maximum atomic E-state index is 5.28. The minimum atomic E-state index is -0.364. The second-order valence-corrected chi connectivity index (χ2v) is 9.63. The van der Waals surface area contributed by atoms with Crippen LogP contribution in [0.2, 0.25) is 0 Å². The molecule has 3 aromatic heterocycles. The zero-order valence-electron chi connectivity index (χ0n) is 20.2. The minimum Gasteiger partial charge on any atom is -0.674 e. The van der Waals surface area contributed by atoms with Gasteiger partial charge in [-0.1, -0.05) is 98.6 Å². The van der Waals surface area contributed by atoms with Crippen molar-refractivity contribution in [3.05, 3.63) is 114 Å². The summed E-state index contributed by atoms with van der Waals surface area (Å²) in [6, 6.07) is 27.9. The van der Waals surface area contributed by atoms with Gasteiger partial charge < -0.3 is 15.3 Å². The first-order valence-corrected chi connectivity index (χ1v) is 12.1. The molecule has 0 bridgehead atoms. The monoisotopic (exact) mass is 641 g/mol. The molecule has 1 fully saturated rings. The van der Waals surface area contributed by atoms with Gasteiger partial charge in [-0.05, 0) is 37.7 Å². The van der Waals surface area contributed by atoms with Crippen LogP contribution in [-0.2, 0) is 32.0 Å². The van der Waals surface area contributed by atoms with E-state index < -0.39 is 0 Å². The minimum absolute atomic E-state index is 0. The number of para-hydroxylation sites is 1. The second-order valence-electron chi connectivity index (χ2n) is 9.63. The Bertz CT molecular complexity index is 1240. The molecule has 5 rings (SSSR count). The summed E-state index contributed by atoms with van der Waals surface area (Å²) in [5.41, 5.74) is 5.21. The largest absolute Gasteiger partial charge is 2.00 e. The average Bonchev–Trinajstić information content (AvgIpc) is 2.90. The maximum Gasteiger partial charge on any atom is 2.00 e. The van der Waals surface area contributed by atoms with Gasteiger partial charge in [0.1, 0.15) is 0 Å². The maximum absolute atomic E-state index is 5.28. The Kier molecular flexibility index (Phi) is 7.81. The van der Waals surface area contributed by atoms with E-state index in [1.807, 2.05) is 18.2 Å². The van der Waals surface area contributed by atoms with Gasteiger partial charge in [-0.3, -0.25) is 4.98 Å². The molecule has 0 N–H and O–H groups in total. The van der Waals surface area contributed by atoms with Crippen LogP contribution in [0.3, 0.4) is 0 Å². The van der Waals surface area contributed by atoms with Gasteiger partial charge in [-0.15, -0.1) is 23.4 Å². The molecule has 1 saturated carbocycles. The van der Waals surface area contributed by atoms with Gasteiger partial charge in [0.25, 0.3) is 0 Å². The molecule has 4 nitrogen and oxygen atoms in total. The van der Waals surface area contributed by atoms with E-state index in [0.717, 1.165) is 46.9 Å². The van der Waals surface area contributed by atoms with Crippen LogP contribution in [0, 0.1) is 6.07 Å². The quantitative estimate of drug-likeness (QED) is 0.205. The van der Waals surface area contributed by atoms with Crippen molar-refractivity contribution in [3.63, 3.8) is 0 Å². The molecular weight excluding hydrogens is 611 g/mol. The normalized spacial score (nSPS) is 15.1. The van der Waals surface area contributed by atoms with Crippen LogP contribution in [0.25, 0.3) is 16.6 Å². The predicted molar refractivity (Wildman–Crippen MR) is 137 cm³/mol.